The molecule has 0 fully saturated rings. The Hall–Kier alpha value is -2.02. The van der Waals surface area contributed by atoms with Crippen LogP contribution in [0, 0.1) is 0 Å². The monoisotopic (exact) mass is 267 g/mol. The molecule has 1 N–H and O–H groups in total. The number of rotatable bonds is 5. The minimum atomic E-state index is -0.839. The number of aromatic nitrogens is 5. The van der Waals surface area contributed by atoms with E-state index in [1.165, 1.54) is 10.9 Å². The highest BCUT2D eigenvalue weighted by molar-refractivity contribution is 6.30. The molecule has 2 aromatic heterocycles. The van der Waals surface area contributed by atoms with E-state index in [4.69, 9.17) is 16.7 Å². The average Bonchev–Trinajstić information content (AvgIpc) is 2.78. The SMILES string of the molecule is O=C(O)CCCn1nnnc1-c1ccc(Cl)cn1. The van der Waals surface area contributed by atoms with E-state index in [1.807, 2.05) is 0 Å². The molecule has 8 heteroatoms. The van der Waals surface area contributed by atoms with Crippen molar-refractivity contribution in [3.63, 3.8) is 0 Å². The Labute approximate surface area is 107 Å². The van der Waals surface area contributed by atoms with Crippen LogP contribution >= 0.6 is 11.6 Å². The van der Waals surface area contributed by atoms with Gasteiger partial charge in [0.2, 0.25) is 5.82 Å². The molecule has 7 nitrogen and oxygen atoms in total. The topological polar surface area (TPSA) is 93.8 Å². The zero-order valence-corrected chi connectivity index (χ0v) is 10.1. The summed E-state index contributed by atoms with van der Waals surface area (Å²) < 4.78 is 1.53. The van der Waals surface area contributed by atoms with Gasteiger partial charge in [-0.25, -0.2) is 4.68 Å². The summed E-state index contributed by atoms with van der Waals surface area (Å²) in [6.07, 6.45) is 2.04. The van der Waals surface area contributed by atoms with Gasteiger partial charge in [-0.15, -0.1) is 5.10 Å². The molecular formula is C10H10ClN5O2. The number of tetrazole rings is 1. The number of aryl methyl sites for hydroxylation is 1. The van der Waals surface area contributed by atoms with Crippen molar-refractivity contribution in [2.75, 3.05) is 0 Å². The third kappa shape index (κ3) is 3.01. The van der Waals surface area contributed by atoms with Crippen LogP contribution < -0.4 is 0 Å². The van der Waals surface area contributed by atoms with Gasteiger partial charge in [0.25, 0.3) is 0 Å². The summed E-state index contributed by atoms with van der Waals surface area (Å²) in [5.41, 5.74) is 0.597. The second-order valence-electron chi connectivity index (χ2n) is 3.58. The Bertz CT molecular complexity index is 539. The highest BCUT2D eigenvalue weighted by atomic mass is 35.5. The van der Waals surface area contributed by atoms with Gasteiger partial charge in [-0.3, -0.25) is 9.78 Å². The third-order valence-corrected chi connectivity index (χ3v) is 2.47. The van der Waals surface area contributed by atoms with Crippen molar-refractivity contribution in [2.24, 2.45) is 0 Å². The summed E-state index contributed by atoms with van der Waals surface area (Å²) in [7, 11) is 0. The van der Waals surface area contributed by atoms with Gasteiger partial charge in [0.15, 0.2) is 0 Å². The van der Waals surface area contributed by atoms with Crippen molar-refractivity contribution < 1.29 is 9.90 Å². The second kappa shape index (κ2) is 5.54. The number of hydrogen-bond donors (Lipinski definition) is 1. The van der Waals surface area contributed by atoms with Crippen LogP contribution in [0.4, 0.5) is 0 Å². The molecule has 0 aliphatic carbocycles. The first-order chi connectivity index (χ1) is 8.66. The van der Waals surface area contributed by atoms with Crippen molar-refractivity contribution in [3.8, 4) is 11.5 Å². The van der Waals surface area contributed by atoms with Gasteiger partial charge >= 0.3 is 5.97 Å². The van der Waals surface area contributed by atoms with Crippen LogP contribution in [0.5, 0.6) is 0 Å². The van der Waals surface area contributed by atoms with E-state index in [0.29, 0.717) is 29.5 Å². The molecule has 18 heavy (non-hydrogen) atoms. The van der Waals surface area contributed by atoms with E-state index in [9.17, 15) is 4.79 Å². The van der Waals surface area contributed by atoms with Gasteiger partial charge in [-0.2, -0.15) is 0 Å². The molecule has 0 aliphatic rings. The third-order valence-electron chi connectivity index (χ3n) is 2.25. The van der Waals surface area contributed by atoms with Gasteiger partial charge in [0.05, 0.1) is 5.02 Å². The number of hydrogen-bond acceptors (Lipinski definition) is 5. The summed E-state index contributed by atoms with van der Waals surface area (Å²) in [6, 6.07) is 3.40. The van der Waals surface area contributed by atoms with Gasteiger partial charge in [-0.1, -0.05) is 11.6 Å². The number of pyridine rings is 1. The van der Waals surface area contributed by atoms with E-state index in [1.54, 1.807) is 12.1 Å². The average molecular weight is 268 g/mol. The molecule has 2 aromatic rings. The number of nitrogens with zero attached hydrogens (tertiary/aromatic N) is 5. The molecule has 0 amide bonds. The number of carboxylic acids is 1. The van der Waals surface area contributed by atoms with Crippen LogP contribution in [0.1, 0.15) is 12.8 Å². The van der Waals surface area contributed by atoms with E-state index in [2.05, 4.69) is 20.5 Å². The van der Waals surface area contributed by atoms with Crippen LogP contribution in [0.25, 0.3) is 11.5 Å². The van der Waals surface area contributed by atoms with Gasteiger partial charge in [-0.05, 0) is 29.0 Å². The molecule has 2 heterocycles. The smallest absolute Gasteiger partial charge is 0.303 e. The number of aliphatic carboxylic acids is 1. The highest BCUT2D eigenvalue weighted by Gasteiger charge is 2.10. The number of carboxylic acid groups (broad SMARTS) is 1. The standard InChI is InChI=1S/C10H10ClN5O2/c11-7-3-4-8(12-6-7)10-13-14-15-16(10)5-1-2-9(17)18/h3-4,6H,1-2,5H2,(H,17,18). The van der Waals surface area contributed by atoms with Crippen LogP contribution in [0.2, 0.25) is 5.02 Å². The molecule has 0 aliphatic heterocycles. The van der Waals surface area contributed by atoms with Gasteiger partial charge < -0.3 is 5.11 Å². The Balaban J connectivity index is 2.12. The van der Waals surface area contributed by atoms with Gasteiger partial charge in [0.1, 0.15) is 5.69 Å². The first kappa shape index (κ1) is 12.4. The Morgan fingerprint density at radius 1 is 1.44 bits per heavy atom. The molecule has 0 aromatic carbocycles. The zero-order chi connectivity index (χ0) is 13.0. The van der Waals surface area contributed by atoms with Gasteiger partial charge in [0, 0.05) is 19.2 Å². The predicted molar refractivity (Wildman–Crippen MR) is 62.9 cm³/mol. The molecule has 0 radical (unpaired) electrons. The quantitative estimate of drug-likeness (QED) is 0.876. The van der Waals surface area contributed by atoms with Crippen molar-refractivity contribution in [3.05, 3.63) is 23.4 Å². The Kier molecular flexibility index (Phi) is 3.83. The van der Waals surface area contributed by atoms with E-state index in [-0.39, 0.29) is 6.42 Å². The van der Waals surface area contributed by atoms with Crippen LogP contribution in [0.15, 0.2) is 18.3 Å². The number of carbonyl (C=O) groups is 1. The first-order valence-corrected chi connectivity index (χ1v) is 5.64. The molecule has 2 rings (SSSR count). The summed E-state index contributed by atoms with van der Waals surface area (Å²) >= 11 is 5.75. The largest absolute Gasteiger partial charge is 0.481 e. The lowest BCUT2D eigenvalue weighted by Crippen LogP contribution is -2.06. The van der Waals surface area contributed by atoms with Crippen LogP contribution in [-0.2, 0) is 11.3 Å². The second-order valence-corrected chi connectivity index (χ2v) is 4.02. The fraction of sp³-hybridized carbons (Fsp3) is 0.300. The Morgan fingerprint density at radius 2 is 2.28 bits per heavy atom. The molecule has 0 saturated heterocycles. The maximum atomic E-state index is 10.4. The highest BCUT2D eigenvalue weighted by Crippen LogP contribution is 2.15. The lowest BCUT2D eigenvalue weighted by atomic mass is 10.3. The molecule has 0 bridgehead atoms. The van der Waals surface area contributed by atoms with Crippen molar-refractivity contribution in [1.29, 1.82) is 0 Å². The normalized spacial score (nSPS) is 10.5. The maximum Gasteiger partial charge on any atom is 0.303 e. The summed E-state index contributed by atoms with van der Waals surface area (Å²) in [5.74, 6) is -0.341. The van der Waals surface area contributed by atoms with E-state index in [0.717, 1.165) is 0 Å². The van der Waals surface area contributed by atoms with E-state index < -0.39 is 5.97 Å². The summed E-state index contributed by atoms with van der Waals surface area (Å²) in [6.45, 7) is 0.430. The van der Waals surface area contributed by atoms with Crippen molar-refractivity contribution in [1.82, 2.24) is 25.2 Å². The molecule has 0 atom stereocenters. The van der Waals surface area contributed by atoms with Crippen LogP contribution in [0.3, 0.4) is 0 Å². The van der Waals surface area contributed by atoms with Crippen molar-refractivity contribution in [2.45, 2.75) is 19.4 Å². The van der Waals surface area contributed by atoms with Crippen molar-refractivity contribution >= 4 is 17.6 Å². The zero-order valence-electron chi connectivity index (χ0n) is 9.32. The fourth-order valence-electron chi connectivity index (χ4n) is 1.43. The molecule has 94 valence electrons. The Morgan fingerprint density at radius 3 is 2.94 bits per heavy atom. The fourth-order valence-corrected chi connectivity index (χ4v) is 1.54. The lowest BCUT2D eigenvalue weighted by molar-refractivity contribution is -0.137. The lowest BCUT2D eigenvalue weighted by Gasteiger charge is -2.02. The minimum Gasteiger partial charge on any atom is -0.481 e. The first-order valence-electron chi connectivity index (χ1n) is 5.26. The molecule has 0 spiro atoms. The molecule has 0 saturated carbocycles. The minimum absolute atomic E-state index is 0.0767. The molecule has 0 unspecified atom stereocenters. The summed E-state index contributed by atoms with van der Waals surface area (Å²) in [5, 5.41) is 20.3. The van der Waals surface area contributed by atoms with Crippen LogP contribution in [-0.4, -0.2) is 36.3 Å². The maximum absolute atomic E-state index is 10.4. The predicted octanol–water partition coefficient (Wildman–Crippen LogP) is 1.25. The summed E-state index contributed by atoms with van der Waals surface area (Å²) in [4.78, 5) is 14.5. The van der Waals surface area contributed by atoms with E-state index >= 15 is 0 Å². The number of halogens is 1. The molecular weight excluding hydrogens is 258 g/mol.